The number of benzene rings is 4. The Morgan fingerprint density at radius 2 is 1.46 bits per heavy atom. The van der Waals surface area contributed by atoms with Gasteiger partial charge in [-0.15, -0.1) is 0 Å². The average molecular weight is 527 g/mol. The van der Waals surface area contributed by atoms with Crippen LogP contribution in [-0.2, 0) is 13.1 Å². The van der Waals surface area contributed by atoms with Gasteiger partial charge in [0, 0.05) is 6.07 Å². The molecule has 1 saturated carbocycles. The van der Waals surface area contributed by atoms with Crippen LogP contribution in [0.4, 0.5) is 0 Å². The monoisotopic (exact) mass is 526 g/mol. The van der Waals surface area contributed by atoms with E-state index in [-0.39, 0.29) is 0 Å². The predicted molar refractivity (Wildman–Crippen MR) is 169 cm³/mol. The second kappa shape index (κ2) is 10.6. The van der Waals surface area contributed by atoms with Crippen molar-refractivity contribution in [2.24, 2.45) is 7.05 Å². The van der Waals surface area contributed by atoms with E-state index >= 15 is 0 Å². The van der Waals surface area contributed by atoms with Crippen molar-refractivity contribution >= 4 is 24.0 Å². The highest BCUT2D eigenvalue weighted by Crippen LogP contribution is 2.41. The van der Waals surface area contributed by atoms with E-state index in [1.165, 1.54) is 75.2 Å². The Bertz CT molecular complexity index is 1610. The van der Waals surface area contributed by atoms with Crippen molar-refractivity contribution in [3.05, 3.63) is 120 Å². The van der Waals surface area contributed by atoms with Gasteiger partial charge in [0.25, 0.3) is 0 Å². The first-order chi connectivity index (χ1) is 18.9. The van der Waals surface area contributed by atoms with Crippen LogP contribution in [0.2, 0.25) is 13.1 Å². The fraction of sp³-hybridized carbons (Fsp3) is 0.270. The minimum Gasteiger partial charge on any atom is -0.200 e. The molecule has 0 radical (unpaired) electrons. The summed E-state index contributed by atoms with van der Waals surface area (Å²) in [5.41, 5.74) is 9.79. The summed E-state index contributed by atoms with van der Waals surface area (Å²) in [6.45, 7) is 7.37. The summed E-state index contributed by atoms with van der Waals surface area (Å²) in [4.78, 5) is 0. The van der Waals surface area contributed by atoms with Gasteiger partial charge in [-0.05, 0) is 71.5 Å². The number of aryl methyl sites for hydroxylation is 1. The van der Waals surface area contributed by atoms with Gasteiger partial charge in [-0.2, -0.15) is 0 Å². The summed E-state index contributed by atoms with van der Waals surface area (Å²) >= 11 is 0. The van der Waals surface area contributed by atoms with Gasteiger partial charge in [0.05, 0.1) is 19.0 Å². The van der Waals surface area contributed by atoms with E-state index in [9.17, 15) is 0 Å². The minimum absolute atomic E-state index is 0.670. The standard InChI is InChI=1S/C37H40NSi/c1-27-35(30-17-11-12-18-30)24-32(29-15-9-6-10-16-29)25-36(27)37-34-20-19-33(23-31(34)21-22-38(37)2)39(3,4)26-28-13-7-5-8-14-28/h5-10,13-16,19-25,30H,11-12,17-18,26H2,1-4H3/q+1. The zero-order chi connectivity index (χ0) is 27.0. The minimum atomic E-state index is -1.65. The van der Waals surface area contributed by atoms with Gasteiger partial charge in [0.15, 0.2) is 6.20 Å². The number of hydrogen-bond acceptors (Lipinski definition) is 0. The third-order valence-electron chi connectivity index (χ3n) is 9.01. The maximum atomic E-state index is 2.51. The molecule has 2 heteroatoms. The van der Waals surface area contributed by atoms with E-state index in [1.807, 2.05) is 0 Å². The molecule has 196 valence electrons. The molecule has 0 N–H and O–H groups in total. The van der Waals surface area contributed by atoms with Crippen LogP contribution in [0.25, 0.3) is 33.2 Å². The van der Waals surface area contributed by atoms with Crippen LogP contribution in [-0.4, -0.2) is 8.07 Å². The van der Waals surface area contributed by atoms with E-state index in [1.54, 1.807) is 5.56 Å². The number of fused-ring (bicyclic) bond motifs is 1. The number of hydrogen-bond donors (Lipinski definition) is 0. The summed E-state index contributed by atoms with van der Waals surface area (Å²) in [6.07, 6.45) is 7.58. The zero-order valence-electron chi connectivity index (χ0n) is 23.9. The van der Waals surface area contributed by atoms with Gasteiger partial charge in [0.1, 0.15) is 7.05 Å². The number of aromatic nitrogens is 1. The predicted octanol–water partition coefficient (Wildman–Crippen LogP) is 8.66. The van der Waals surface area contributed by atoms with Crippen LogP contribution in [0.5, 0.6) is 0 Å². The molecule has 0 bridgehead atoms. The quantitative estimate of drug-likeness (QED) is 0.154. The second-order valence-electron chi connectivity index (χ2n) is 12.2. The molecule has 0 unspecified atom stereocenters. The Kier molecular flexibility index (Phi) is 6.99. The molecular formula is C37H40NSi+. The van der Waals surface area contributed by atoms with Gasteiger partial charge in [-0.1, -0.05) is 116 Å². The van der Waals surface area contributed by atoms with Crippen molar-refractivity contribution in [2.45, 2.75) is 57.7 Å². The summed E-state index contributed by atoms with van der Waals surface area (Å²) in [5.74, 6) is 0.670. The summed E-state index contributed by atoms with van der Waals surface area (Å²) < 4.78 is 2.34. The molecule has 0 atom stereocenters. The van der Waals surface area contributed by atoms with E-state index in [2.05, 4.69) is 135 Å². The maximum Gasteiger partial charge on any atom is 0.220 e. The van der Waals surface area contributed by atoms with Crippen molar-refractivity contribution in [1.29, 1.82) is 0 Å². The summed E-state index contributed by atoms with van der Waals surface area (Å²) in [6, 6.07) is 37.7. The lowest BCUT2D eigenvalue weighted by Crippen LogP contribution is -2.44. The van der Waals surface area contributed by atoms with Crippen molar-refractivity contribution < 1.29 is 4.57 Å². The number of nitrogens with zero attached hydrogens (tertiary/aromatic N) is 1. The number of rotatable bonds is 6. The van der Waals surface area contributed by atoms with Crippen molar-refractivity contribution in [3.63, 3.8) is 0 Å². The Morgan fingerprint density at radius 3 is 2.18 bits per heavy atom. The molecular weight excluding hydrogens is 487 g/mol. The van der Waals surface area contributed by atoms with Gasteiger partial charge < -0.3 is 0 Å². The highest BCUT2D eigenvalue weighted by Gasteiger charge is 2.27. The molecule has 39 heavy (non-hydrogen) atoms. The first kappa shape index (κ1) is 25.8. The Morgan fingerprint density at radius 1 is 0.769 bits per heavy atom. The molecule has 1 fully saturated rings. The topological polar surface area (TPSA) is 3.88 Å². The maximum absolute atomic E-state index is 2.51. The molecule has 1 aromatic heterocycles. The third kappa shape index (κ3) is 5.11. The van der Waals surface area contributed by atoms with Gasteiger partial charge in [-0.3, -0.25) is 0 Å². The molecule has 1 heterocycles. The SMILES string of the molecule is Cc1c(-c2c3ccc([Si](C)(C)Cc4ccccc4)cc3cc[n+]2C)cc(-c2ccccc2)cc1C1CCCC1. The van der Waals surface area contributed by atoms with Crippen LogP contribution in [0.3, 0.4) is 0 Å². The highest BCUT2D eigenvalue weighted by atomic mass is 28.3. The van der Waals surface area contributed by atoms with Gasteiger partial charge in [-0.25, -0.2) is 4.57 Å². The van der Waals surface area contributed by atoms with Crippen LogP contribution < -0.4 is 9.75 Å². The van der Waals surface area contributed by atoms with Gasteiger partial charge >= 0.3 is 0 Å². The first-order valence-electron chi connectivity index (χ1n) is 14.6. The van der Waals surface area contributed by atoms with Crippen LogP contribution in [0, 0.1) is 6.92 Å². The van der Waals surface area contributed by atoms with Crippen molar-refractivity contribution in [3.8, 4) is 22.4 Å². The second-order valence-corrected chi connectivity index (χ2v) is 16.9. The number of pyridine rings is 1. The smallest absolute Gasteiger partial charge is 0.200 e. The normalized spacial score (nSPS) is 14.3. The molecule has 1 nitrogen and oxygen atoms in total. The Labute approximate surface area is 235 Å². The molecule has 0 aliphatic heterocycles. The zero-order valence-corrected chi connectivity index (χ0v) is 24.9. The van der Waals surface area contributed by atoms with E-state index in [0.29, 0.717) is 5.92 Å². The van der Waals surface area contributed by atoms with Gasteiger partial charge in [0.2, 0.25) is 5.69 Å². The van der Waals surface area contributed by atoms with E-state index in [4.69, 9.17) is 0 Å². The summed E-state index contributed by atoms with van der Waals surface area (Å²) in [7, 11) is 0.564. The fourth-order valence-electron chi connectivity index (χ4n) is 6.78. The molecule has 0 amide bonds. The summed E-state index contributed by atoms with van der Waals surface area (Å²) in [5, 5.41) is 4.22. The van der Waals surface area contributed by atoms with Crippen molar-refractivity contribution in [2.75, 3.05) is 0 Å². The Balaban J connectivity index is 1.50. The van der Waals surface area contributed by atoms with Crippen LogP contribution in [0.15, 0.2) is 103 Å². The van der Waals surface area contributed by atoms with E-state index in [0.717, 1.165) is 6.04 Å². The lowest BCUT2D eigenvalue weighted by molar-refractivity contribution is -0.659. The lowest BCUT2D eigenvalue weighted by Gasteiger charge is -2.24. The average Bonchev–Trinajstić information content (AvgIpc) is 3.49. The largest absolute Gasteiger partial charge is 0.220 e. The first-order valence-corrected chi connectivity index (χ1v) is 17.8. The van der Waals surface area contributed by atoms with Crippen LogP contribution >= 0.6 is 0 Å². The molecule has 0 spiro atoms. The van der Waals surface area contributed by atoms with E-state index < -0.39 is 8.07 Å². The molecule has 1 aliphatic carbocycles. The lowest BCUT2D eigenvalue weighted by atomic mass is 9.85. The molecule has 0 saturated heterocycles. The van der Waals surface area contributed by atoms with Crippen LogP contribution in [0.1, 0.15) is 48.3 Å². The Hall–Kier alpha value is -3.49. The third-order valence-corrected chi connectivity index (χ3v) is 12.2. The fourth-order valence-corrected chi connectivity index (χ4v) is 9.32. The highest BCUT2D eigenvalue weighted by molar-refractivity contribution is 6.89. The molecule has 6 rings (SSSR count). The molecule has 5 aromatic rings. The molecule has 4 aromatic carbocycles. The van der Waals surface area contributed by atoms with Crippen molar-refractivity contribution in [1.82, 2.24) is 0 Å². The molecule has 1 aliphatic rings.